The Morgan fingerprint density at radius 1 is 1.44 bits per heavy atom. The van der Waals surface area contributed by atoms with Crippen LogP contribution in [-0.4, -0.2) is 28.7 Å². The number of nitrogens with one attached hydrogen (secondary N) is 2. The van der Waals surface area contributed by atoms with E-state index in [0.29, 0.717) is 12.4 Å². The van der Waals surface area contributed by atoms with E-state index in [2.05, 4.69) is 34.6 Å². The van der Waals surface area contributed by atoms with Crippen LogP contribution in [0.25, 0.3) is 0 Å². The molecule has 1 aliphatic rings. The predicted molar refractivity (Wildman–Crippen MR) is 71.3 cm³/mol. The first-order valence-electron chi connectivity index (χ1n) is 6.35. The molecule has 0 aliphatic carbocycles. The normalized spacial score (nSPS) is 23.1. The quantitative estimate of drug-likeness (QED) is 0.540. The average Bonchev–Trinajstić information content (AvgIpc) is 2.78. The van der Waals surface area contributed by atoms with Gasteiger partial charge < -0.3 is 15.5 Å². The van der Waals surface area contributed by atoms with Crippen molar-refractivity contribution in [1.82, 2.24) is 9.97 Å². The second-order valence-electron chi connectivity index (χ2n) is 4.93. The molecule has 6 nitrogen and oxygen atoms in total. The maximum Gasteiger partial charge on any atom is 0.148 e. The van der Waals surface area contributed by atoms with Crippen molar-refractivity contribution in [3.05, 3.63) is 11.9 Å². The standard InChI is InChI=1S/C12H21N5O/c1-3-4-9-10(14-8-15-11(9)17-13)16-12(2)5-6-18-7-12/h8H,3-7,13H2,1-2H3,(H2,14,15,16,17). The van der Waals surface area contributed by atoms with Crippen LogP contribution in [0.2, 0.25) is 0 Å². The smallest absolute Gasteiger partial charge is 0.148 e. The highest BCUT2D eigenvalue weighted by Gasteiger charge is 2.30. The van der Waals surface area contributed by atoms with E-state index in [-0.39, 0.29) is 5.54 Å². The van der Waals surface area contributed by atoms with Crippen molar-refractivity contribution < 1.29 is 4.74 Å². The number of ether oxygens (including phenoxy) is 1. The fraction of sp³-hybridized carbons (Fsp3) is 0.667. The fourth-order valence-corrected chi connectivity index (χ4v) is 2.18. The molecule has 0 aromatic carbocycles. The highest BCUT2D eigenvalue weighted by Crippen LogP contribution is 2.27. The number of hydrogen-bond donors (Lipinski definition) is 3. The fourth-order valence-electron chi connectivity index (χ4n) is 2.18. The summed E-state index contributed by atoms with van der Waals surface area (Å²) in [6.45, 7) is 5.76. The first-order valence-corrected chi connectivity index (χ1v) is 6.35. The van der Waals surface area contributed by atoms with E-state index in [9.17, 15) is 0 Å². The second kappa shape index (κ2) is 5.49. The number of aromatic nitrogens is 2. The van der Waals surface area contributed by atoms with E-state index in [0.717, 1.165) is 37.3 Å². The van der Waals surface area contributed by atoms with Crippen molar-refractivity contribution in [2.24, 2.45) is 5.84 Å². The van der Waals surface area contributed by atoms with Gasteiger partial charge in [-0.15, -0.1) is 0 Å². The highest BCUT2D eigenvalue weighted by molar-refractivity contribution is 5.58. The second-order valence-corrected chi connectivity index (χ2v) is 4.93. The van der Waals surface area contributed by atoms with Crippen molar-refractivity contribution in [1.29, 1.82) is 0 Å². The van der Waals surface area contributed by atoms with Gasteiger partial charge in [-0.05, 0) is 19.8 Å². The number of hydrazine groups is 1. The molecule has 1 atom stereocenters. The molecule has 1 aliphatic heterocycles. The van der Waals surface area contributed by atoms with Gasteiger partial charge >= 0.3 is 0 Å². The SMILES string of the molecule is CCCc1c(NN)ncnc1NC1(C)CCOC1. The van der Waals surface area contributed by atoms with Gasteiger partial charge in [0.05, 0.1) is 12.1 Å². The van der Waals surface area contributed by atoms with Gasteiger partial charge in [-0.2, -0.15) is 0 Å². The molecule has 1 aromatic heterocycles. The molecule has 0 amide bonds. The number of rotatable bonds is 5. The third-order valence-corrected chi connectivity index (χ3v) is 3.22. The molecule has 1 fully saturated rings. The van der Waals surface area contributed by atoms with E-state index < -0.39 is 0 Å². The lowest BCUT2D eigenvalue weighted by molar-refractivity contribution is 0.185. The van der Waals surface area contributed by atoms with Gasteiger partial charge in [0, 0.05) is 12.2 Å². The van der Waals surface area contributed by atoms with E-state index >= 15 is 0 Å². The summed E-state index contributed by atoms with van der Waals surface area (Å²) in [7, 11) is 0. The van der Waals surface area contributed by atoms with Crippen LogP contribution in [0.15, 0.2) is 6.33 Å². The molecule has 1 unspecified atom stereocenters. The van der Waals surface area contributed by atoms with E-state index in [4.69, 9.17) is 10.6 Å². The lowest BCUT2D eigenvalue weighted by atomic mass is 10.0. The molecule has 1 aromatic rings. The van der Waals surface area contributed by atoms with Gasteiger partial charge in [0.2, 0.25) is 0 Å². The van der Waals surface area contributed by atoms with Crippen LogP contribution in [0.4, 0.5) is 11.6 Å². The molecule has 1 saturated heterocycles. The number of nitrogen functional groups attached to an aromatic ring is 1. The van der Waals surface area contributed by atoms with Crippen LogP contribution >= 0.6 is 0 Å². The zero-order chi connectivity index (χ0) is 13.0. The zero-order valence-corrected chi connectivity index (χ0v) is 11.0. The van der Waals surface area contributed by atoms with Crippen LogP contribution in [0.5, 0.6) is 0 Å². The molecular weight excluding hydrogens is 230 g/mol. The van der Waals surface area contributed by atoms with Gasteiger partial charge in [0.25, 0.3) is 0 Å². The number of anilines is 2. The Morgan fingerprint density at radius 3 is 2.83 bits per heavy atom. The minimum absolute atomic E-state index is 0.0529. The molecule has 4 N–H and O–H groups in total. The largest absolute Gasteiger partial charge is 0.379 e. The van der Waals surface area contributed by atoms with E-state index in [1.165, 1.54) is 6.33 Å². The van der Waals surface area contributed by atoms with Crippen molar-refractivity contribution in [2.75, 3.05) is 24.0 Å². The Morgan fingerprint density at radius 2 is 2.22 bits per heavy atom. The number of nitrogens with zero attached hydrogens (tertiary/aromatic N) is 2. The van der Waals surface area contributed by atoms with Crippen molar-refractivity contribution in [3.63, 3.8) is 0 Å². The van der Waals surface area contributed by atoms with Crippen molar-refractivity contribution in [3.8, 4) is 0 Å². The topological polar surface area (TPSA) is 85.1 Å². The Labute approximate surface area is 107 Å². The summed E-state index contributed by atoms with van der Waals surface area (Å²) in [6.07, 6.45) is 4.41. The van der Waals surface area contributed by atoms with Crippen LogP contribution < -0.4 is 16.6 Å². The van der Waals surface area contributed by atoms with Crippen molar-refractivity contribution in [2.45, 2.75) is 38.6 Å². The van der Waals surface area contributed by atoms with E-state index in [1.54, 1.807) is 0 Å². The average molecular weight is 251 g/mol. The summed E-state index contributed by atoms with van der Waals surface area (Å²) in [6, 6.07) is 0. The number of nitrogens with two attached hydrogens (primary N) is 1. The molecule has 100 valence electrons. The Bertz CT molecular complexity index is 403. The summed E-state index contributed by atoms with van der Waals surface area (Å²) in [5.74, 6) is 7.04. The summed E-state index contributed by atoms with van der Waals surface area (Å²) in [4.78, 5) is 8.50. The van der Waals surface area contributed by atoms with E-state index in [1.807, 2.05) is 0 Å². The maximum atomic E-state index is 5.50. The molecule has 0 radical (unpaired) electrons. The van der Waals surface area contributed by atoms with Crippen LogP contribution in [0.1, 0.15) is 32.3 Å². The van der Waals surface area contributed by atoms with Gasteiger partial charge in [0.15, 0.2) is 0 Å². The molecule has 0 spiro atoms. The highest BCUT2D eigenvalue weighted by atomic mass is 16.5. The Hall–Kier alpha value is -1.40. The first kappa shape index (κ1) is 13.0. The Balaban J connectivity index is 2.25. The minimum atomic E-state index is -0.0529. The number of hydrogen-bond acceptors (Lipinski definition) is 6. The molecule has 6 heteroatoms. The van der Waals surface area contributed by atoms with Crippen molar-refractivity contribution >= 4 is 11.6 Å². The lowest BCUT2D eigenvalue weighted by Crippen LogP contribution is -2.36. The van der Waals surface area contributed by atoms with Crippen LogP contribution in [0, 0.1) is 0 Å². The molecular formula is C12H21N5O. The predicted octanol–water partition coefficient (Wildman–Crippen LogP) is 1.31. The van der Waals surface area contributed by atoms with Gasteiger partial charge in [-0.25, -0.2) is 15.8 Å². The third-order valence-electron chi connectivity index (χ3n) is 3.22. The summed E-state index contributed by atoms with van der Waals surface area (Å²) in [5.41, 5.74) is 3.62. The summed E-state index contributed by atoms with van der Waals surface area (Å²) >= 11 is 0. The minimum Gasteiger partial charge on any atom is -0.379 e. The third kappa shape index (κ3) is 2.70. The zero-order valence-electron chi connectivity index (χ0n) is 11.0. The first-order chi connectivity index (χ1) is 8.68. The molecule has 18 heavy (non-hydrogen) atoms. The molecule has 2 rings (SSSR count). The maximum absolute atomic E-state index is 5.50. The summed E-state index contributed by atoms with van der Waals surface area (Å²) in [5, 5.41) is 3.47. The molecule has 0 saturated carbocycles. The lowest BCUT2D eigenvalue weighted by Gasteiger charge is -2.26. The Kier molecular flexibility index (Phi) is 3.98. The molecule has 0 bridgehead atoms. The monoisotopic (exact) mass is 251 g/mol. The molecule has 2 heterocycles. The summed E-state index contributed by atoms with van der Waals surface area (Å²) < 4.78 is 5.44. The van der Waals surface area contributed by atoms with Gasteiger partial charge in [-0.1, -0.05) is 13.3 Å². The van der Waals surface area contributed by atoms with Crippen LogP contribution in [0.3, 0.4) is 0 Å². The van der Waals surface area contributed by atoms with Gasteiger partial charge in [0.1, 0.15) is 18.0 Å². The van der Waals surface area contributed by atoms with Crippen LogP contribution in [-0.2, 0) is 11.2 Å². The van der Waals surface area contributed by atoms with Gasteiger partial charge in [-0.3, -0.25) is 0 Å².